The summed E-state index contributed by atoms with van der Waals surface area (Å²) < 4.78 is 28.8. The van der Waals surface area contributed by atoms with Gasteiger partial charge in [-0.1, -0.05) is 12.1 Å². The number of ether oxygens (including phenoxy) is 2. The van der Waals surface area contributed by atoms with Crippen molar-refractivity contribution >= 4 is 5.97 Å². The van der Waals surface area contributed by atoms with Gasteiger partial charge in [0.05, 0.1) is 13.0 Å². The van der Waals surface area contributed by atoms with Crippen molar-refractivity contribution in [2.45, 2.75) is 26.2 Å². The third kappa shape index (κ3) is 5.37. The van der Waals surface area contributed by atoms with E-state index >= 15 is 0 Å². The number of aromatic nitrogens is 2. The molecule has 2 aromatic carbocycles. The van der Waals surface area contributed by atoms with Crippen molar-refractivity contribution in [3.05, 3.63) is 60.2 Å². The summed E-state index contributed by atoms with van der Waals surface area (Å²) in [7, 11) is 0. The lowest BCUT2D eigenvalue weighted by Crippen LogP contribution is -2.09. The molecule has 1 aromatic heterocycles. The molecule has 0 fully saturated rings. The van der Waals surface area contributed by atoms with Gasteiger partial charge < -0.3 is 14.0 Å². The summed E-state index contributed by atoms with van der Waals surface area (Å²) in [5, 5.41) is 3.84. The Morgan fingerprint density at radius 1 is 1.07 bits per heavy atom. The number of halogens is 1. The van der Waals surface area contributed by atoms with Crippen molar-refractivity contribution in [2.24, 2.45) is 0 Å². The predicted octanol–water partition coefficient (Wildman–Crippen LogP) is 4.20. The Labute approximate surface area is 155 Å². The molecule has 0 atom stereocenters. The van der Waals surface area contributed by atoms with E-state index in [1.54, 1.807) is 36.4 Å². The molecule has 27 heavy (non-hydrogen) atoms. The van der Waals surface area contributed by atoms with Crippen LogP contribution >= 0.6 is 0 Å². The number of hydrogen-bond acceptors (Lipinski definition) is 6. The molecular weight excluding hydrogens is 351 g/mol. The zero-order valence-corrected chi connectivity index (χ0v) is 14.9. The highest BCUT2D eigenvalue weighted by atomic mass is 19.1. The second-order valence-electron chi connectivity index (χ2n) is 5.81. The molecule has 3 aromatic rings. The van der Waals surface area contributed by atoms with E-state index in [2.05, 4.69) is 10.1 Å². The number of carbonyl (C=O) groups is 1. The zero-order valence-electron chi connectivity index (χ0n) is 14.9. The Morgan fingerprint density at radius 3 is 2.48 bits per heavy atom. The van der Waals surface area contributed by atoms with Crippen LogP contribution in [0, 0.1) is 5.82 Å². The average Bonchev–Trinajstić information content (AvgIpc) is 3.15. The normalized spacial score (nSPS) is 10.6. The smallest absolute Gasteiger partial charge is 0.311 e. The highest BCUT2D eigenvalue weighted by Gasteiger charge is 2.12. The molecule has 140 valence electrons. The average molecular weight is 370 g/mol. The van der Waals surface area contributed by atoms with E-state index in [4.69, 9.17) is 14.0 Å². The number of rotatable bonds is 8. The topological polar surface area (TPSA) is 74.5 Å². The Kier molecular flexibility index (Phi) is 6.14. The van der Waals surface area contributed by atoms with Crippen LogP contribution in [0.5, 0.6) is 11.5 Å². The van der Waals surface area contributed by atoms with Crippen LogP contribution in [-0.2, 0) is 11.2 Å². The predicted molar refractivity (Wildman–Crippen MR) is 95.9 cm³/mol. The van der Waals surface area contributed by atoms with E-state index in [1.165, 1.54) is 12.1 Å². The molecule has 0 spiro atoms. The molecule has 7 heteroatoms. The fourth-order valence-electron chi connectivity index (χ4n) is 2.29. The summed E-state index contributed by atoms with van der Waals surface area (Å²) >= 11 is 0. The van der Waals surface area contributed by atoms with Crippen molar-refractivity contribution in [1.82, 2.24) is 10.1 Å². The fourth-order valence-corrected chi connectivity index (χ4v) is 2.29. The van der Waals surface area contributed by atoms with E-state index in [0.29, 0.717) is 29.6 Å². The molecule has 0 bridgehead atoms. The third-order valence-electron chi connectivity index (χ3n) is 3.64. The Hall–Kier alpha value is -3.22. The number of nitrogens with zero attached hydrogens (tertiary/aromatic N) is 2. The van der Waals surface area contributed by atoms with Crippen LogP contribution in [0.25, 0.3) is 11.4 Å². The van der Waals surface area contributed by atoms with Crippen LogP contribution in [-0.4, -0.2) is 22.7 Å². The zero-order chi connectivity index (χ0) is 19.1. The number of carbonyl (C=O) groups excluding carboxylic acids is 1. The number of aryl methyl sites for hydroxylation is 1. The van der Waals surface area contributed by atoms with Gasteiger partial charge in [-0.2, -0.15) is 4.98 Å². The van der Waals surface area contributed by atoms with Gasteiger partial charge in [-0.3, -0.25) is 4.79 Å². The minimum absolute atomic E-state index is 0.0964. The first-order chi connectivity index (χ1) is 13.1. The van der Waals surface area contributed by atoms with Gasteiger partial charge in [0, 0.05) is 12.0 Å². The molecule has 0 saturated carbocycles. The largest absolute Gasteiger partial charge is 0.494 e. The first kappa shape index (κ1) is 18.6. The van der Waals surface area contributed by atoms with Gasteiger partial charge in [-0.05, 0) is 55.0 Å². The van der Waals surface area contributed by atoms with Crippen molar-refractivity contribution < 1.29 is 23.2 Å². The Morgan fingerprint density at radius 2 is 1.78 bits per heavy atom. The van der Waals surface area contributed by atoms with E-state index in [1.807, 2.05) is 6.92 Å². The van der Waals surface area contributed by atoms with E-state index in [-0.39, 0.29) is 18.7 Å². The molecule has 1 heterocycles. The maximum Gasteiger partial charge on any atom is 0.311 e. The van der Waals surface area contributed by atoms with Gasteiger partial charge in [0.2, 0.25) is 11.7 Å². The lowest BCUT2D eigenvalue weighted by Gasteiger charge is -2.06. The van der Waals surface area contributed by atoms with E-state index in [0.717, 1.165) is 12.2 Å². The van der Waals surface area contributed by atoms with Gasteiger partial charge in [0.15, 0.2) is 0 Å². The Bertz CT molecular complexity index is 876. The highest BCUT2D eigenvalue weighted by molar-refractivity contribution is 5.72. The number of esters is 1. The summed E-state index contributed by atoms with van der Waals surface area (Å²) in [4.78, 5) is 16.2. The van der Waals surface area contributed by atoms with Crippen LogP contribution in [0.2, 0.25) is 0 Å². The molecular formula is C20H19FN2O4. The summed E-state index contributed by atoms with van der Waals surface area (Å²) in [6.45, 7) is 2.67. The third-order valence-corrected chi connectivity index (χ3v) is 3.64. The number of hydrogen-bond donors (Lipinski definition) is 0. The second kappa shape index (κ2) is 8.93. The second-order valence-corrected chi connectivity index (χ2v) is 5.81. The summed E-state index contributed by atoms with van der Waals surface area (Å²) in [5.41, 5.74) is 0.638. The summed E-state index contributed by atoms with van der Waals surface area (Å²) in [5.74, 6) is 1.10. The van der Waals surface area contributed by atoms with Crippen LogP contribution < -0.4 is 9.47 Å². The number of benzene rings is 2. The first-order valence-corrected chi connectivity index (χ1v) is 8.66. The van der Waals surface area contributed by atoms with Gasteiger partial charge in [-0.15, -0.1) is 0 Å². The van der Waals surface area contributed by atoms with Crippen LogP contribution in [0.3, 0.4) is 0 Å². The van der Waals surface area contributed by atoms with Crippen LogP contribution in [0.15, 0.2) is 53.1 Å². The van der Waals surface area contributed by atoms with E-state index < -0.39 is 5.97 Å². The van der Waals surface area contributed by atoms with Crippen molar-refractivity contribution in [3.8, 4) is 22.9 Å². The molecule has 0 aliphatic rings. The molecule has 0 radical (unpaired) electrons. The molecule has 0 saturated heterocycles. The molecule has 6 nitrogen and oxygen atoms in total. The summed E-state index contributed by atoms with van der Waals surface area (Å²) in [6, 6.07) is 12.6. The molecule has 0 N–H and O–H groups in total. The van der Waals surface area contributed by atoms with Crippen molar-refractivity contribution in [2.75, 3.05) is 6.61 Å². The van der Waals surface area contributed by atoms with E-state index in [9.17, 15) is 9.18 Å². The minimum Gasteiger partial charge on any atom is -0.494 e. The lowest BCUT2D eigenvalue weighted by atomic mass is 10.2. The lowest BCUT2D eigenvalue weighted by molar-refractivity contribution is -0.134. The highest BCUT2D eigenvalue weighted by Crippen LogP contribution is 2.19. The van der Waals surface area contributed by atoms with Gasteiger partial charge in [-0.25, -0.2) is 4.39 Å². The van der Waals surface area contributed by atoms with Gasteiger partial charge in [0.1, 0.15) is 17.3 Å². The molecule has 0 aliphatic carbocycles. The molecule has 0 unspecified atom stereocenters. The standard InChI is InChI=1S/C20H19FN2O4/c1-2-13-25-16-7-9-17(10-8-16)26-19(24)12-11-18-22-20(23-27-18)14-3-5-15(21)6-4-14/h3-10H,2,11-13H2,1H3. The SMILES string of the molecule is CCCOc1ccc(OC(=O)CCc2nc(-c3ccc(F)cc3)no2)cc1. The fraction of sp³-hybridized carbons (Fsp3) is 0.250. The molecule has 0 amide bonds. The quantitative estimate of drug-likeness (QED) is 0.437. The monoisotopic (exact) mass is 370 g/mol. The van der Waals surface area contributed by atoms with Crippen LogP contribution in [0.4, 0.5) is 4.39 Å². The molecule has 0 aliphatic heterocycles. The van der Waals surface area contributed by atoms with Crippen LogP contribution in [0.1, 0.15) is 25.7 Å². The minimum atomic E-state index is -0.404. The van der Waals surface area contributed by atoms with Gasteiger partial charge in [0.25, 0.3) is 0 Å². The van der Waals surface area contributed by atoms with Crippen molar-refractivity contribution in [3.63, 3.8) is 0 Å². The van der Waals surface area contributed by atoms with Gasteiger partial charge >= 0.3 is 5.97 Å². The Balaban J connectivity index is 1.50. The van der Waals surface area contributed by atoms with Crippen molar-refractivity contribution in [1.29, 1.82) is 0 Å². The first-order valence-electron chi connectivity index (χ1n) is 8.66. The summed E-state index contributed by atoms with van der Waals surface area (Å²) in [6.07, 6.45) is 1.28. The maximum absolute atomic E-state index is 13.0. The molecule has 3 rings (SSSR count). The maximum atomic E-state index is 13.0.